The number of nitrogens with two attached hydrogens (primary N) is 1. The third-order valence-electron chi connectivity index (χ3n) is 3.97. The Kier molecular flexibility index (Phi) is 5.47. The monoisotopic (exact) mass is 312 g/mol. The molecule has 2 rings (SSSR count). The van der Waals surface area contributed by atoms with Crippen molar-refractivity contribution in [1.29, 1.82) is 0 Å². The van der Waals surface area contributed by atoms with E-state index in [1.165, 1.54) is 12.8 Å². The second-order valence-corrected chi connectivity index (χ2v) is 7.56. The molecule has 1 aliphatic rings. The number of hydrogen-bond donors (Lipinski definition) is 2. The molecule has 0 saturated heterocycles. The maximum atomic E-state index is 12.0. The zero-order valence-electron chi connectivity index (χ0n) is 12.4. The summed E-state index contributed by atoms with van der Waals surface area (Å²) in [7, 11) is -3.30. The molecule has 1 saturated carbocycles. The van der Waals surface area contributed by atoms with Crippen LogP contribution >= 0.6 is 0 Å². The molecule has 1 fully saturated rings. The summed E-state index contributed by atoms with van der Waals surface area (Å²) in [4.78, 5) is 0. The van der Waals surface area contributed by atoms with E-state index in [0.717, 1.165) is 12.8 Å². The van der Waals surface area contributed by atoms with Crippen LogP contribution in [0, 0.1) is 5.92 Å². The number of nitrogens with one attached hydrogen (secondary N) is 1. The van der Waals surface area contributed by atoms with Crippen LogP contribution in [-0.2, 0) is 10.0 Å². The van der Waals surface area contributed by atoms with Gasteiger partial charge in [-0.1, -0.05) is 12.8 Å². The SMILES string of the molecule is CC(NS(=O)(=O)CCOc1ccc(N)cc1)C1CCCC1. The quantitative estimate of drug-likeness (QED) is 0.756. The number of benzene rings is 1. The Balaban J connectivity index is 1.76. The van der Waals surface area contributed by atoms with Crippen LogP contribution in [-0.4, -0.2) is 26.8 Å². The minimum atomic E-state index is -3.30. The number of rotatable bonds is 7. The number of nitrogen functional groups attached to an aromatic ring is 1. The van der Waals surface area contributed by atoms with Gasteiger partial charge in [0.1, 0.15) is 12.4 Å². The number of sulfonamides is 1. The van der Waals surface area contributed by atoms with Crippen molar-refractivity contribution >= 4 is 15.7 Å². The molecular weight excluding hydrogens is 288 g/mol. The van der Waals surface area contributed by atoms with Crippen LogP contribution in [0.5, 0.6) is 5.75 Å². The van der Waals surface area contributed by atoms with Crippen molar-refractivity contribution in [2.75, 3.05) is 18.1 Å². The summed E-state index contributed by atoms with van der Waals surface area (Å²) >= 11 is 0. The lowest BCUT2D eigenvalue weighted by atomic mass is 10.0. The van der Waals surface area contributed by atoms with Crippen LogP contribution in [0.4, 0.5) is 5.69 Å². The second-order valence-electron chi connectivity index (χ2n) is 5.69. The van der Waals surface area contributed by atoms with Crippen molar-refractivity contribution in [3.63, 3.8) is 0 Å². The number of hydrogen-bond acceptors (Lipinski definition) is 4. The average molecular weight is 312 g/mol. The standard InChI is InChI=1S/C15H24N2O3S/c1-12(13-4-2-3-5-13)17-21(18,19)11-10-20-15-8-6-14(16)7-9-15/h6-9,12-13,17H,2-5,10-11,16H2,1H3. The van der Waals surface area contributed by atoms with Gasteiger partial charge in [0.25, 0.3) is 0 Å². The number of ether oxygens (including phenoxy) is 1. The van der Waals surface area contributed by atoms with Crippen LogP contribution in [0.2, 0.25) is 0 Å². The highest BCUT2D eigenvalue weighted by molar-refractivity contribution is 7.89. The van der Waals surface area contributed by atoms with E-state index in [2.05, 4.69) is 4.72 Å². The van der Waals surface area contributed by atoms with Gasteiger partial charge in [0.2, 0.25) is 10.0 Å². The number of anilines is 1. The molecule has 1 unspecified atom stereocenters. The van der Waals surface area contributed by atoms with Crippen LogP contribution < -0.4 is 15.2 Å². The van der Waals surface area contributed by atoms with Crippen molar-refractivity contribution in [1.82, 2.24) is 4.72 Å². The first-order valence-corrected chi connectivity index (χ1v) is 9.10. The first kappa shape index (κ1) is 16.1. The highest BCUT2D eigenvalue weighted by atomic mass is 32.2. The zero-order chi connectivity index (χ0) is 15.3. The normalized spacial score (nSPS) is 17.8. The summed E-state index contributed by atoms with van der Waals surface area (Å²) in [5.41, 5.74) is 6.23. The van der Waals surface area contributed by atoms with E-state index in [4.69, 9.17) is 10.5 Å². The lowest BCUT2D eigenvalue weighted by Gasteiger charge is -2.20. The molecule has 1 aliphatic carbocycles. The van der Waals surface area contributed by atoms with Crippen LogP contribution in [0.3, 0.4) is 0 Å². The molecule has 0 aliphatic heterocycles. The largest absolute Gasteiger partial charge is 0.492 e. The molecule has 6 heteroatoms. The summed E-state index contributed by atoms with van der Waals surface area (Å²) in [6.07, 6.45) is 4.64. The third-order valence-corrected chi connectivity index (χ3v) is 5.41. The van der Waals surface area contributed by atoms with Crippen molar-refractivity contribution < 1.29 is 13.2 Å². The van der Waals surface area contributed by atoms with Crippen LogP contribution in [0.1, 0.15) is 32.6 Å². The van der Waals surface area contributed by atoms with Crippen LogP contribution in [0.25, 0.3) is 0 Å². The fraction of sp³-hybridized carbons (Fsp3) is 0.600. The van der Waals surface area contributed by atoms with Gasteiger partial charge in [-0.05, 0) is 49.9 Å². The second kappa shape index (κ2) is 7.13. The molecule has 21 heavy (non-hydrogen) atoms. The van der Waals surface area contributed by atoms with E-state index in [9.17, 15) is 8.42 Å². The van der Waals surface area contributed by atoms with E-state index >= 15 is 0 Å². The van der Waals surface area contributed by atoms with Crippen molar-refractivity contribution in [2.24, 2.45) is 5.92 Å². The highest BCUT2D eigenvalue weighted by Gasteiger charge is 2.25. The van der Waals surface area contributed by atoms with E-state index in [1.807, 2.05) is 6.92 Å². The molecule has 1 atom stereocenters. The fourth-order valence-electron chi connectivity index (χ4n) is 2.73. The molecule has 1 aromatic rings. The molecule has 0 amide bonds. The lowest BCUT2D eigenvalue weighted by molar-refractivity contribution is 0.339. The minimum absolute atomic E-state index is 0.00836. The molecule has 0 radical (unpaired) electrons. The smallest absolute Gasteiger partial charge is 0.215 e. The van der Waals surface area contributed by atoms with Gasteiger partial charge in [0.15, 0.2) is 0 Å². The molecular formula is C15H24N2O3S. The Morgan fingerprint density at radius 1 is 1.29 bits per heavy atom. The summed E-state index contributed by atoms with van der Waals surface area (Å²) in [5, 5.41) is 0. The molecule has 118 valence electrons. The summed E-state index contributed by atoms with van der Waals surface area (Å²) in [6.45, 7) is 2.09. The lowest BCUT2D eigenvalue weighted by Crippen LogP contribution is -2.39. The van der Waals surface area contributed by atoms with Crippen molar-refractivity contribution in [3.8, 4) is 5.75 Å². The van der Waals surface area contributed by atoms with Crippen molar-refractivity contribution in [3.05, 3.63) is 24.3 Å². The van der Waals surface area contributed by atoms with E-state index in [1.54, 1.807) is 24.3 Å². The van der Waals surface area contributed by atoms with Gasteiger partial charge >= 0.3 is 0 Å². The summed E-state index contributed by atoms with van der Waals surface area (Å²) in [6, 6.07) is 6.93. The van der Waals surface area contributed by atoms with Gasteiger partial charge in [-0.15, -0.1) is 0 Å². The van der Waals surface area contributed by atoms with Gasteiger partial charge in [-0.25, -0.2) is 13.1 Å². The van der Waals surface area contributed by atoms with E-state index in [-0.39, 0.29) is 18.4 Å². The predicted octanol–water partition coefficient (Wildman–Crippen LogP) is 2.15. The van der Waals surface area contributed by atoms with E-state index in [0.29, 0.717) is 17.4 Å². The van der Waals surface area contributed by atoms with E-state index < -0.39 is 10.0 Å². The first-order valence-electron chi connectivity index (χ1n) is 7.44. The Hall–Kier alpha value is -1.27. The molecule has 0 spiro atoms. The summed E-state index contributed by atoms with van der Waals surface area (Å²) in [5.74, 6) is 1.06. The molecule has 0 heterocycles. The first-order chi connectivity index (χ1) is 9.96. The molecule has 1 aromatic carbocycles. The zero-order valence-corrected chi connectivity index (χ0v) is 13.2. The topological polar surface area (TPSA) is 81.4 Å². The Morgan fingerprint density at radius 3 is 2.52 bits per heavy atom. The van der Waals surface area contributed by atoms with Crippen LogP contribution in [0.15, 0.2) is 24.3 Å². The summed E-state index contributed by atoms with van der Waals surface area (Å²) < 4.78 is 32.3. The van der Waals surface area contributed by atoms with Gasteiger partial charge in [-0.2, -0.15) is 0 Å². The molecule has 0 aromatic heterocycles. The van der Waals surface area contributed by atoms with Gasteiger partial charge in [-0.3, -0.25) is 0 Å². The Morgan fingerprint density at radius 2 is 1.90 bits per heavy atom. The maximum Gasteiger partial charge on any atom is 0.215 e. The molecule has 3 N–H and O–H groups in total. The predicted molar refractivity (Wildman–Crippen MR) is 84.7 cm³/mol. The fourth-order valence-corrected chi connectivity index (χ4v) is 3.91. The van der Waals surface area contributed by atoms with Gasteiger partial charge in [0, 0.05) is 11.7 Å². The highest BCUT2D eigenvalue weighted by Crippen LogP contribution is 2.27. The van der Waals surface area contributed by atoms with Gasteiger partial charge in [0.05, 0.1) is 5.75 Å². The average Bonchev–Trinajstić information content (AvgIpc) is 2.94. The third kappa shape index (κ3) is 5.21. The van der Waals surface area contributed by atoms with Crippen molar-refractivity contribution in [2.45, 2.75) is 38.6 Å². The maximum absolute atomic E-state index is 12.0. The van der Waals surface area contributed by atoms with Gasteiger partial charge < -0.3 is 10.5 Å². The molecule has 5 nitrogen and oxygen atoms in total. The Bertz CT molecular complexity index is 537. The minimum Gasteiger partial charge on any atom is -0.492 e. The Labute approximate surface area is 126 Å². The molecule has 0 bridgehead atoms.